The van der Waals surface area contributed by atoms with Crippen molar-refractivity contribution in [1.82, 2.24) is 0 Å². The number of aliphatic hydroxyl groups excluding tert-OH is 2. The molecule has 2 unspecified atom stereocenters. The molecule has 2 fully saturated rings. The molecule has 2 aliphatic rings. The van der Waals surface area contributed by atoms with E-state index in [2.05, 4.69) is 0 Å². The Bertz CT molecular complexity index is 335. The molecule has 0 heterocycles. The second kappa shape index (κ2) is 3.58. The molecule has 0 aromatic carbocycles. The van der Waals surface area contributed by atoms with E-state index >= 15 is 0 Å². The first kappa shape index (κ1) is 12.6. The molecule has 0 radical (unpaired) electrons. The van der Waals surface area contributed by atoms with Gasteiger partial charge >= 0.3 is 0 Å². The summed E-state index contributed by atoms with van der Waals surface area (Å²) in [6.45, 7) is 3.38. The Hall–Kier alpha value is 0.175. The average molecular weight is 246 g/mol. The predicted octanol–water partition coefficient (Wildman–Crippen LogP) is -0.562. The average Bonchev–Trinajstić information content (AvgIpc) is 2.97. The van der Waals surface area contributed by atoms with Crippen molar-refractivity contribution in [2.24, 2.45) is 11.3 Å². The molecule has 4 nitrogen and oxygen atoms in total. The molecule has 92 valence electrons. The summed E-state index contributed by atoms with van der Waals surface area (Å²) in [6.07, 6.45) is 0.169. The van der Waals surface area contributed by atoms with Crippen molar-refractivity contribution in [2.75, 3.05) is 6.16 Å². The first-order valence-electron chi connectivity index (χ1n) is 5.91. The molecule has 2 aliphatic carbocycles. The van der Waals surface area contributed by atoms with Crippen molar-refractivity contribution in [1.29, 1.82) is 0 Å². The highest BCUT2D eigenvalue weighted by atomic mass is 31.1. The Kier molecular flexibility index (Phi) is 2.83. The minimum absolute atomic E-state index is 0.0520. The molecular formula is C10H20BO4P. The summed E-state index contributed by atoms with van der Waals surface area (Å²) in [5.41, 5.74) is -1.87. The highest BCUT2D eigenvalue weighted by Crippen LogP contribution is 2.74. The van der Waals surface area contributed by atoms with Gasteiger partial charge < -0.3 is 19.9 Å². The Labute approximate surface area is 97.3 Å². The van der Waals surface area contributed by atoms with Crippen molar-refractivity contribution in [3.8, 4) is 0 Å². The summed E-state index contributed by atoms with van der Waals surface area (Å²) in [7, 11) is -0.189. The van der Waals surface area contributed by atoms with E-state index in [0.29, 0.717) is 12.6 Å². The van der Waals surface area contributed by atoms with Gasteiger partial charge in [-0.25, -0.2) is 0 Å². The fourth-order valence-electron chi connectivity index (χ4n) is 3.44. The van der Waals surface area contributed by atoms with Gasteiger partial charge in [-0.3, -0.25) is 0 Å². The van der Waals surface area contributed by atoms with E-state index in [1.54, 1.807) is 13.8 Å². The molecule has 0 bridgehead atoms. The van der Waals surface area contributed by atoms with E-state index in [1.165, 1.54) is 0 Å². The second-order valence-electron chi connectivity index (χ2n) is 5.56. The van der Waals surface area contributed by atoms with Gasteiger partial charge in [-0.2, -0.15) is 0 Å². The smallest absolute Gasteiger partial charge is 0.113 e. The molecule has 6 heteroatoms. The third kappa shape index (κ3) is 1.32. The lowest BCUT2D eigenvalue weighted by Gasteiger charge is -2.33. The van der Waals surface area contributed by atoms with Crippen LogP contribution in [-0.4, -0.2) is 46.9 Å². The highest BCUT2D eigenvalue weighted by Gasteiger charge is 2.76. The summed E-state index contributed by atoms with van der Waals surface area (Å²) >= 11 is 0. The molecule has 0 aliphatic heterocycles. The van der Waals surface area contributed by atoms with Crippen LogP contribution in [0.1, 0.15) is 20.3 Å². The van der Waals surface area contributed by atoms with Gasteiger partial charge in [-0.05, 0) is 31.2 Å². The second-order valence-corrected chi connectivity index (χ2v) is 7.75. The van der Waals surface area contributed by atoms with Crippen molar-refractivity contribution in [3.05, 3.63) is 0 Å². The SMILES string of the molecule is B[C@@H]1[C@H]2CC2([C@@H](O)[PH](=O)CC)[C@@H](O)[C@@]1(C)O. The molecule has 3 N–H and O–H groups in total. The standard InChI is InChI=1S/C10H20BO4P/c1-3-16(15)8(13)10-4-5(10)6(11)9(2,14)7(10)12/h5-8,12-14,16H,3-4,11H2,1-2H3/t5-,6-,7+,8+,9+,10?/m1/s1. The van der Waals surface area contributed by atoms with Gasteiger partial charge in [0.25, 0.3) is 0 Å². The molecule has 0 spiro atoms. The van der Waals surface area contributed by atoms with Gasteiger partial charge in [0.05, 0.1) is 11.7 Å². The fourth-order valence-corrected chi connectivity index (χ4v) is 4.91. The van der Waals surface area contributed by atoms with Crippen molar-refractivity contribution in [3.63, 3.8) is 0 Å². The summed E-state index contributed by atoms with van der Waals surface area (Å²) < 4.78 is 11.7. The number of hydrogen-bond acceptors (Lipinski definition) is 4. The first-order valence-corrected chi connectivity index (χ1v) is 7.60. The largest absolute Gasteiger partial charge is 0.389 e. The summed E-state index contributed by atoms with van der Waals surface area (Å²) in [5.74, 6) is -0.893. The third-order valence-electron chi connectivity index (χ3n) is 4.85. The lowest BCUT2D eigenvalue weighted by molar-refractivity contribution is -0.0866. The number of aliphatic hydroxyl groups is 3. The van der Waals surface area contributed by atoms with Crippen LogP contribution in [0, 0.1) is 11.3 Å². The van der Waals surface area contributed by atoms with Crippen LogP contribution < -0.4 is 0 Å². The van der Waals surface area contributed by atoms with Crippen LogP contribution in [-0.2, 0) is 4.57 Å². The maximum absolute atomic E-state index is 11.7. The fraction of sp³-hybridized carbons (Fsp3) is 1.00. The van der Waals surface area contributed by atoms with Gasteiger partial charge in [0.15, 0.2) is 0 Å². The molecular weight excluding hydrogens is 226 g/mol. The Morgan fingerprint density at radius 1 is 1.62 bits per heavy atom. The highest BCUT2D eigenvalue weighted by molar-refractivity contribution is 7.45. The van der Waals surface area contributed by atoms with E-state index in [9.17, 15) is 19.9 Å². The van der Waals surface area contributed by atoms with Crippen LogP contribution in [0.25, 0.3) is 0 Å². The molecule has 0 amide bonds. The Balaban J connectivity index is 2.28. The van der Waals surface area contributed by atoms with Crippen LogP contribution in [0.2, 0.25) is 5.82 Å². The third-order valence-corrected chi connectivity index (χ3v) is 6.70. The van der Waals surface area contributed by atoms with Crippen LogP contribution >= 0.6 is 7.80 Å². The zero-order chi connectivity index (χ0) is 12.3. The maximum atomic E-state index is 11.7. The summed E-state index contributed by atoms with van der Waals surface area (Å²) in [6, 6.07) is 0. The lowest BCUT2D eigenvalue weighted by Crippen LogP contribution is -2.46. The van der Waals surface area contributed by atoms with Crippen molar-refractivity contribution < 1.29 is 19.9 Å². The number of hydrogen-bond donors (Lipinski definition) is 3. The lowest BCUT2D eigenvalue weighted by atomic mass is 9.72. The van der Waals surface area contributed by atoms with Crippen LogP contribution in [0.15, 0.2) is 0 Å². The van der Waals surface area contributed by atoms with Gasteiger partial charge in [0.1, 0.15) is 21.5 Å². The van der Waals surface area contributed by atoms with Crippen molar-refractivity contribution in [2.45, 2.75) is 43.6 Å². The molecule has 7 atom stereocenters. The normalized spacial score (nSPS) is 54.4. The summed E-state index contributed by atoms with van der Waals surface area (Å²) in [4.78, 5) is 0. The topological polar surface area (TPSA) is 77.8 Å². The van der Waals surface area contributed by atoms with Crippen molar-refractivity contribution >= 4 is 15.6 Å². The molecule has 0 aromatic heterocycles. The van der Waals surface area contributed by atoms with E-state index < -0.39 is 30.8 Å². The van der Waals surface area contributed by atoms with E-state index in [1.807, 2.05) is 7.85 Å². The quantitative estimate of drug-likeness (QED) is 0.460. The zero-order valence-electron chi connectivity index (χ0n) is 9.97. The van der Waals surface area contributed by atoms with E-state index in [4.69, 9.17) is 0 Å². The van der Waals surface area contributed by atoms with Gasteiger partial charge in [-0.1, -0.05) is 6.92 Å². The van der Waals surface area contributed by atoms with Gasteiger partial charge in [0, 0.05) is 5.41 Å². The first-order chi connectivity index (χ1) is 7.30. The van der Waals surface area contributed by atoms with Crippen LogP contribution in [0.3, 0.4) is 0 Å². The van der Waals surface area contributed by atoms with Crippen LogP contribution in [0.5, 0.6) is 0 Å². The minimum Gasteiger partial charge on any atom is -0.389 e. The van der Waals surface area contributed by atoms with Gasteiger partial charge in [0.2, 0.25) is 0 Å². The molecule has 2 saturated carbocycles. The molecule has 0 saturated heterocycles. The van der Waals surface area contributed by atoms with Gasteiger partial charge in [-0.15, -0.1) is 0 Å². The Morgan fingerprint density at radius 2 is 2.19 bits per heavy atom. The predicted molar refractivity (Wildman–Crippen MR) is 65.0 cm³/mol. The summed E-state index contributed by atoms with van der Waals surface area (Å²) in [5, 5.41) is 30.4. The molecule has 16 heavy (non-hydrogen) atoms. The monoisotopic (exact) mass is 246 g/mol. The minimum atomic E-state index is -2.08. The molecule has 0 aromatic rings. The number of fused-ring (bicyclic) bond motifs is 1. The van der Waals surface area contributed by atoms with Crippen LogP contribution in [0.4, 0.5) is 0 Å². The van der Waals surface area contributed by atoms with E-state index in [-0.39, 0.29) is 11.7 Å². The van der Waals surface area contributed by atoms with E-state index in [0.717, 1.165) is 0 Å². The maximum Gasteiger partial charge on any atom is 0.113 e. The number of rotatable bonds is 3. The zero-order valence-corrected chi connectivity index (χ0v) is 11.0. The molecule has 2 rings (SSSR count). The Morgan fingerprint density at radius 3 is 2.56 bits per heavy atom.